The Bertz CT molecular complexity index is 530. The molecule has 0 saturated heterocycles. The van der Waals surface area contributed by atoms with E-state index in [9.17, 15) is 22.0 Å². The highest BCUT2D eigenvalue weighted by atomic mass is 35.5. The lowest BCUT2D eigenvalue weighted by Gasteiger charge is -2.35. The molecule has 22 heavy (non-hydrogen) atoms. The molecule has 1 atom stereocenters. The zero-order chi connectivity index (χ0) is 16.5. The summed E-state index contributed by atoms with van der Waals surface area (Å²) in [6.07, 6.45) is -5.49. The normalized spacial score (nSPS) is 19.4. The molecule has 5 nitrogen and oxygen atoms in total. The van der Waals surface area contributed by atoms with Gasteiger partial charge in [-0.3, -0.25) is 0 Å². The van der Waals surface area contributed by atoms with Crippen LogP contribution in [0.25, 0.3) is 0 Å². The minimum absolute atomic E-state index is 0.139. The van der Waals surface area contributed by atoms with Gasteiger partial charge in [0.25, 0.3) is 5.92 Å². The fourth-order valence-corrected chi connectivity index (χ4v) is 2.16. The van der Waals surface area contributed by atoms with Crippen LogP contribution < -0.4 is 10.6 Å². The van der Waals surface area contributed by atoms with Crippen molar-refractivity contribution >= 4 is 23.5 Å². The van der Waals surface area contributed by atoms with E-state index in [1.54, 1.807) is 0 Å². The molecule has 1 aliphatic carbocycles. The summed E-state index contributed by atoms with van der Waals surface area (Å²) in [7, 11) is 0. The van der Waals surface area contributed by atoms with Crippen LogP contribution in [0.4, 0.5) is 33.8 Å². The first-order chi connectivity index (χ1) is 10.1. The Morgan fingerprint density at radius 2 is 1.82 bits per heavy atom. The predicted octanol–water partition coefficient (Wildman–Crippen LogP) is 3.49. The van der Waals surface area contributed by atoms with Crippen LogP contribution in [-0.4, -0.2) is 39.1 Å². The molecule has 1 saturated carbocycles. The first-order valence-electron chi connectivity index (χ1n) is 6.48. The molecule has 2 N–H and O–H groups in total. The highest BCUT2D eigenvalue weighted by molar-refractivity contribution is 6.28. The van der Waals surface area contributed by atoms with Crippen molar-refractivity contribution in [1.29, 1.82) is 0 Å². The van der Waals surface area contributed by atoms with E-state index in [4.69, 9.17) is 11.6 Å². The third kappa shape index (κ3) is 4.28. The molecule has 0 amide bonds. The van der Waals surface area contributed by atoms with Gasteiger partial charge in [0.2, 0.25) is 17.2 Å². The molecule has 1 fully saturated rings. The molecule has 0 aromatic carbocycles. The number of aromatic nitrogens is 3. The fourth-order valence-electron chi connectivity index (χ4n) is 2.00. The van der Waals surface area contributed by atoms with Gasteiger partial charge in [0.1, 0.15) is 6.04 Å². The molecule has 1 heterocycles. The van der Waals surface area contributed by atoms with Crippen molar-refractivity contribution in [2.75, 3.05) is 10.6 Å². The molecule has 1 aromatic heterocycles. The highest BCUT2D eigenvalue weighted by Gasteiger charge is 2.45. The number of alkyl halides is 5. The third-order valence-corrected chi connectivity index (χ3v) is 3.31. The van der Waals surface area contributed by atoms with E-state index in [0.29, 0.717) is 0 Å². The van der Waals surface area contributed by atoms with Crippen molar-refractivity contribution in [1.82, 2.24) is 15.0 Å². The molecule has 0 bridgehead atoms. The summed E-state index contributed by atoms with van der Waals surface area (Å²) in [4.78, 5) is 11.0. The average Bonchev–Trinajstić information content (AvgIpc) is 2.31. The Morgan fingerprint density at radius 1 is 1.23 bits per heavy atom. The first kappa shape index (κ1) is 16.9. The first-order valence-corrected chi connectivity index (χ1v) is 6.86. The SMILES string of the molecule is CC[C@@H](Nc1nc(Cl)nc(NC2CC(F)(F)C2)n1)C(F)(F)F. The van der Waals surface area contributed by atoms with Crippen molar-refractivity contribution in [3.05, 3.63) is 5.28 Å². The average molecular weight is 346 g/mol. The summed E-state index contributed by atoms with van der Waals surface area (Å²) in [5.41, 5.74) is 0. The molecule has 0 radical (unpaired) electrons. The molecule has 0 unspecified atom stereocenters. The smallest absolute Gasteiger partial charge is 0.351 e. The summed E-state index contributed by atoms with van der Waals surface area (Å²) in [5, 5.41) is 4.38. The van der Waals surface area contributed by atoms with Gasteiger partial charge < -0.3 is 10.6 Å². The second-order valence-corrected chi connectivity index (χ2v) is 5.34. The monoisotopic (exact) mass is 345 g/mol. The van der Waals surface area contributed by atoms with Gasteiger partial charge in [-0.15, -0.1) is 0 Å². The van der Waals surface area contributed by atoms with Crippen LogP contribution in [0.5, 0.6) is 0 Å². The third-order valence-electron chi connectivity index (χ3n) is 3.14. The Kier molecular flexibility index (Phi) is 4.59. The largest absolute Gasteiger partial charge is 0.408 e. The van der Waals surface area contributed by atoms with Crippen molar-refractivity contribution in [3.8, 4) is 0 Å². The van der Waals surface area contributed by atoms with E-state index < -0.39 is 24.2 Å². The Balaban J connectivity index is 2.07. The van der Waals surface area contributed by atoms with E-state index in [2.05, 4.69) is 25.6 Å². The number of hydrogen-bond donors (Lipinski definition) is 2. The Hall–Kier alpha value is -1.45. The number of rotatable bonds is 5. The van der Waals surface area contributed by atoms with Crippen LogP contribution in [0.3, 0.4) is 0 Å². The second-order valence-electron chi connectivity index (χ2n) is 5.00. The van der Waals surface area contributed by atoms with Crippen LogP contribution in [0.1, 0.15) is 26.2 Å². The van der Waals surface area contributed by atoms with Gasteiger partial charge in [-0.05, 0) is 18.0 Å². The maximum absolute atomic E-state index is 12.7. The maximum atomic E-state index is 12.7. The molecular weight excluding hydrogens is 333 g/mol. The molecule has 124 valence electrons. The lowest BCUT2D eigenvalue weighted by atomic mass is 9.88. The summed E-state index contributed by atoms with van der Waals surface area (Å²) in [6, 6.07) is -2.39. The minimum Gasteiger partial charge on any atom is -0.351 e. The summed E-state index contributed by atoms with van der Waals surface area (Å²) < 4.78 is 63.6. The molecule has 1 aromatic rings. The van der Waals surface area contributed by atoms with Crippen molar-refractivity contribution < 1.29 is 22.0 Å². The summed E-state index contributed by atoms with van der Waals surface area (Å²) in [6.45, 7) is 1.35. The van der Waals surface area contributed by atoms with Crippen molar-refractivity contribution in [2.45, 2.75) is 50.4 Å². The zero-order valence-electron chi connectivity index (χ0n) is 11.4. The van der Waals surface area contributed by atoms with Crippen molar-refractivity contribution in [2.24, 2.45) is 0 Å². The number of nitrogens with one attached hydrogen (secondary N) is 2. The summed E-state index contributed by atoms with van der Waals surface area (Å²) in [5.74, 6) is -3.24. The van der Waals surface area contributed by atoms with Crippen LogP contribution in [0, 0.1) is 0 Å². The Labute approximate surface area is 127 Å². The number of nitrogens with zero attached hydrogens (tertiary/aromatic N) is 3. The molecule has 0 spiro atoms. The van der Waals surface area contributed by atoms with Crippen LogP contribution >= 0.6 is 11.6 Å². The predicted molar refractivity (Wildman–Crippen MR) is 70.2 cm³/mol. The molecular formula is C11H13ClF5N5. The van der Waals surface area contributed by atoms with Gasteiger partial charge in [0, 0.05) is 18.9 Å². The number of anilines is 2. The van der Waals surface area contributed by atoms with E-state index in [-0.39, 0.29) is 36.4 Å². The Morgan fingerprint density at radius 3 is 2.32 bits per heavy atom. The zero-order valence-corrected chi connectivity index (χ0v) is 12.1. The van der Waals surface area contributed by atoms with Crippen molar-refractivity contribution in [3.63, 3.8) is 0 Å². The van der Waals surface area contributed by atoms with Crippen LogP contribution in [-0.2, 0) is 0 Å². The van der Waals surface area contributed by atoms with E-state index in [1.807, 2.05) is 0 Å². The van der Waals surface area contributed by atoms with Crippen LogP contribution in [0.2, 0.25) is 5.28 Å². The van der Waals surface area contributed by atoms with Gasteiger partial charge in [-0.1, -0.05) is 6.92 Å². The number of hydrogen-bond acceptors (Lipinski definition) is 5. The lowest BCUT2D eigenvalue weighted by Crippen LogP contribution is -2.44. The van der Waals surface area contributed by atoms with Gasteiger partial charge in [0.15, 0.2) is 0 Å². The van der Waals surface area contributed by atoms with E-state index >= 15 is 0 Å². The van der Waals surface area contributed by atoms with Gasteiger partial charge >= 0.3 is 6.18 Å². The second kappa shape index (κ2) is 5.98. The van der Waals surface area contributed by atoms with E-state index in [0.717, 1.165) is 0 Å². The topological polar surface area (TPSA) is 62.7 Å². The molecule has 11 heteroatoms. The number of halogens is 6. The lowest BCUT2D eigenvalue weighted by molar-refractivity contribution is -0.143. The summed E-state index contributed by atoms with van der Waals surface area (Å²) >= 11 is 5.62. The van der Waals surface area contributed by atoms with E-state index in [1.165, 1.54) is 6.92 Å². The molecule has 1 aliphatic rings. The van der Waals surface area contributed by atoms with Gasteiger partial charge in [0.05, 0.1) is 0 Å². The molecule has 2 rings (SSSR count). The minimum atomic E-state index is -4.47. The quantitative estimate of drug-likeness (QED) is 0.800. The van der Waals surface area contributed by atoms with Gasteiger partial charge in [-0.2, -0.15) is 28.1 Å². The fraction of sp³-hybridized carbons (Fsp3) is 0.727. The maximum Gasteiger partial charge on any atom is 0.408 e. The standard InChI is InChI=1S/C11H13ClF5N5/c1-2-6(11(15,16)17)19-9-21-7(12)20-8(22-9)18-5-3-10(13,14)4-5/h5-6H,2-4H2,1H3,(H2,18,19,20,21,22)/t6-/m1/s1. The molecule has 0 aliphatic heterocycles. The highest BCUT2D eigenvalue weighted by Crippen LogP contribution is 2.38. The van der Waals surface area contributed by atoms with Crippen LogP contribution in [0.15, 0.2) is 0 Å². The van der Waals surface area contributed by atoms with Gasteiger partial charge in [-0.25, -0.2) is 8.78 Å².